The Morgan fingerprint density at radius 1 is 1.23 bits per heavy atom. The summed E-state index contributed by atoms with van der Waals surface area (Å²) in [6.07, 6.45) is 4.75. The summed E-state index contributed by atoms with van der Waals surface area (Å²) in [6.45, 7) is 5.07. The van der Waals surface area contributed by atoms with Crippen molar-refractivity contribution in [2.24, 2.45) is 5.92 Å². The van der Waals surface area contributed by atoms with Crippen LogP contribution >= 0.6 is 11.6 Å². The van der Waals surface area contributed by atoms with Gasteiger partial charge in [-0.05, 0) is 51.3 Å². The van der Waals surface area contributed by atoms with Crippen LogP contribution in [0.1, 0.15) is 53.8 Å². The van der Waals surface area contributed by atoms with E-state index >= 15 is 0 Å². The molecule has 39 heavy (non-hydrogen) atoms. The minimum Gasteiger partial charge on any atom is -0.391 e. The summed E-state index contributed by atoms with van der Waals surface area (Å²) in [7, 11) is -3.61. The molecule has 0 bridgehead atoms. The first-order valence-corrected chi connectivity index (χ1v) is 15.1. The molecule has 0 aliphatic carbocycles. The highest BCUT2D eigenvalue weighted by atomic mass is 35.5. The van der Waals surface area contributed by atoms with Crippen molar-refractivity contribution >= 4 is 50.4 Å². The number of carbonyl (C=O) groups is 1. The molecular formula is C26H32ClN7O4S. The quantitative estimate of drug-likeness (QED) is 0.384. The summed E-state index contributed by atoms with van der Waals surface area (Å²) in [5.41, 5.74) is 3.02. The first-order chi connectivity index (χ1) is 18.4. The Morgan fingerprint density at radius 3 is 2.69 bits per heavy atom. The standard InChI is InChI=1S/C26H32ClN7O4S/c1-15-12-34-24(29-25(15)32-13-19(16(2)28)23(35)14-32)11-21(30-34)22-6-4-5-9-33(22)26(36)18-10-17(27)7-8-20(18)31-39(3,37)38/h7-8,10-12,19,22-23,28,31,35H,4-6,9,13-14H2,1-3H3/t19-,22+,23-/m1/s1. The van der Waals surface area contributed by atoms with Gasteiger partial charge in [-0.15, -0.1) is 0 Å². The molecule has 3 atom stereocenters. The van der Waals surface area contributed by atoms with Crippen LogP contribution in [0.4, 0.5) is 11.5 Å². The fraction of sp³-hybridized carbons (Fsp3) is 0.462. The third kappa shape index (κ3) is 5.59. The second kappa shape index (κ2) is 10.4. The van der Waals surface area contributed by atoms with Crippen molar-refractivity contribution in [1.29, 1.82) is 5.41 Å². The number of benzene rings is 1. The number of halogens is 1. The zero-order valence-electron chi connectivity index (χ0n) is 22.1. The maximum absolute atomic E-state index is 13.8. The number of aryl methyl sites for hydroxylation is 1. The van der Waals surface area contributed by atoms with Gasteiger partial charge in [-0.25, -0.2) is 17.9 Å². The molecule has 208 valence electrons. The van der Waals surface area contributed by atoms with E-state index in [1.807, 2.05) is 24.1 Å². The SMILES string of the molecule is CC(=N)[C@H]1CN(c2nc3cc([C@@H]4CCCCN4C(=O)c4cc(Cl)ccc4NS(C)(=O)=O)nn3cc2C)C[C@H]1O. The highest BCUT2D eigenvalue weighted by Crippen LogP contribution is 2.35. The Labute approximate surface area is 232 Å². The average Bonchev–Trinajstić information content (AvgIpc) is 3.46. The van der Waals surface area contributed by atoms with Crippen molar-refractivity contribution in [1.82, 2.24) is 19.5 Å². The van der Waals surface area contributed by atoms with Crippen LogP contribution in [0.3, 0.4) is 0 Å². The topological polar surface area (TPSA) is 144 Å². The van der Waals surface area contributed by atoms with Crippen molar-refractivity contribution < 1.29 is 18.3 Å². The summed E-state index contributed by atoms with van der Waals surface area (Å²) in [6, 6.07) is 6.07. The van der Waals surface area contributed by atoms with Gasteiger partial charge in [0.2, 0.25) is 10.0 Å². The number of fused-ring (bicyclic) bond motifs is 1. The van der Waals surface area contributed by atoms with Gasteiger partial charge in [0.25, 0.3) is 5.91 Å². The number of rotatable bonds is 6. The zero-order valence-corrected chi connectivity index (χ0v) is 23.6. The number of hydrogen-bond donors (Lipinski definition) is 3. The molecule has 4 heterocycles. The first-order valence-electron chi connectivity index (χ1n) is 12.8. The summed E-state index contributed by atoms with van der Waals surface area (Å²) >= 11 is 6.19. The van der Waals surface area contributed by atoms with Gasteiger partial charge in [0.05, 0.1) is 35.3 Å². The number of β-amino-alcohol motifs (C(OH)–C–C–N with tert-alkyl or cyclic N) is 1. The fourth-order valence-corrected chi connectivity index (χ4v) is 6.26. The van der Waals surface area contributed by atoms with Crippen LogP contribution in [-0.4, -0.2) is 76.6 Å². The number of nitrogens with zero attached hydrogens (tertiary/aromatic N) is 5. The Balaban J connectivity index is 1.47. The van der Waals surface area contributed by atoms with E-state index < -0.39 is 16.1 Å². The molecule has 3 aromatic rings. The van der Waals surface area contributed by atoms with Crippen LogP contribution in [0.25, 0.3) is 5.65 Å². The van der Waals surface area contributed by atoms with E-state index in [4.69, 9.17) is 27.1 Å². The molecule has 1 amide bonds. The Morgan fingerprint density at radius 2 is 2.00 bits per heavy atom. The highest BCUT2D eigenvalue weighted by molar-refractivity contribution is 7.92. The van der Waals surface area contributed by atoms with Crippen LogP contribution in [0.15, 0.2) is 30.5 Å². The van der Waals surface area contributed by atoms with Gasteiger partial charge in [-0.2, -0.15) is 5.10 Å². The Hall–Kier alpha value is -3.22. The molecule has 3 N–H and O–H groups in total. The van der Waals surface area contributed by atoms with Crippen LogP contribution in [0.5, 0.6) is 0 Å². The number of aliphatic hydroxyl groups excluding tert-OH is 1. The normalized spacial score (nSPS) is 21.9. The minimum atomic E-state index is -3.61. The highest BCUT2D eigenvalue weighted by Gasteiger charge is 2.35. The molecule has 0 unspecified atom stereocenters. The van der Waals surface area contributed by atoms with E-state index in [9.17, 15) is 18.3 Å². The van der Waals surface area contributed by atoms with Crippen molar-refractivity contribution in [2.75, 3.05) is 35.5 Å². The van der Waals surface area contributed by atoms with Gasteiger partial charge in [0.15, 0.2) is 5.65 Å². The molecule has 2 saturated heterocycles. The lowest BCUT2D eigenvalue weighted by Crippen LogP contribution is -2.39. The monoisotopic (exact) mass is 573 g/mol. The van der Waals surface area contributed by atoms with Crippen molar-refractivity contribution in [3.05, 3.63) is 52.3 Å². The van der Waals surface area contributed by atoms with Crippen LogP contribution in [0, 0.1) is 18.3 Å². The van der Waals surface area contributed by atoms with Crippen LogP contribution in [0.2, 0.25) is 5.02 Å². The number of carbonyl (C=O) groups excluding carboxylic acids is 1. The molecule has 0 saturated carbocycles. The Bertz CT molecular complexity index is 1560. The van der Waals surface area contributed by atoms with Crippen LogP contribution in [-0.2, 0) is 10.0 Å². The number of amides is 1. The minimum absolute atomic E-state index is 0.180. The summed E-state index contributed by atoms with van der Waals surface area (Å²) in [5, 5.41) is 23.5. The summed E-state index contributed by atoms with van der Waals surface area (Å²) in [4.78, 5) is 22.4. The van der Waals surface area contributed by atoms with E-state index in [0.29, 0.717) is 48.1 Å². The smallest absolute Gasteiger partial charge is 0.256 e. The molecule has 13 heteroatoms. The van der Waals surface area contributed by atoms with Gasteiger partial charge in [0.1, 0.15) is 5.82 Å². The average molecular weight is 574 g/mol. The molecular weight excluding hydrogens is 542 g/mol. The molecule has 0 radical (unpaired) electrons. The van der Waals surface area contributed by atoms with Crippen molar-refractivity contribution in [2.45, 2.75) is 45.3 Å². The van der Waals surface area contributed by atoms with E-state index in [-0.39, 0.29) is 29.1 Å². The maximum Gasteiger partial charge on any atom is 0.256 e. The number of hydrogen-bond acceptors (Lipinski definition) is 8. The molecule has 0 spiro atoms. The number of likely N-dealkylation sites (tertiary alicyclic amines) is 1. The third-order valence-electron chi connectivity index (χ3n) is 7.38. The van der Waals surface area contributed by atoms with Gasteiger partial charge in [-0.3, -0.25) is 9.52 Å². The van der Waals surface area contributed by atoms with Gasteiger partial charge in [0, 0.05) is 54.1 Å². The fourth-order valence-electron chi connectivity index (χ4n) is 5.51. The first kappa shape index (κ1) is 27.4. The van der Waals surface area contributed by atoms with Gasteiger partial charge < -0.3 is 20.3 Å². The number of nitrogens with one attached hydrogen (secondary N) is 2. The van der Waals surface area contributed by atoms with E-state index in [1.54, 1.807) is 16.3 Å². The van der Waals surface area contributed by atoms with E-state index in [0.717, 1.165) is 30.5 Å². The molecule has 2 aliphatic heterocycles. The number of anilines is 2. The molecule has 2 aromatic heterocycles. The van der Waals surface area contributed by atoms with E-state index in [2.05, 4.69) is 4.72 Å². The lowest BCUT2D eigenvalue weighted by atomic mass is 9.98. The number of aromatic nitrogens is 3. The summed E-state index contributed by atoms with van der Waals surface area (Å²) in [5.74, 6) is 0.191. The molecule has 5 rings (SSSR count). The van der Waals surface area contributed by atoms with Gasteiger partial charge in [-0.1, -0.05) is 11.6 Å². The molecule has 2 aliphatic rings. The second-order valence-corrected chi connectivity index (χ2v) is 12.6. The lowest BCUT2D eigenvalue weighted by molar-refractivity contribution is 0.0607. The zero-order chi connectivity index (χ0) is 28.1. The van der Waals surface area contributed by atoms with Crippen LogP contribution < -0.4 is 9.62 Å². The predicted molar refractivity (Wildman–Crippen MR) is 150 cm³/mol. The lowest BCUT2D eigenvalue weighted by Gasteiger charge is -2.35. The van der Waals surface area contributed by atoms with Crippen molar-refractivity contribution in [3.8, 4) is 0 Å². The number of aliphatic hydroxyl groups is 1. The third-order valence-corrected chi connectivity index (χ3v) is 8.21. The van der Waals surface area contributed by atoms with Crippen molar-refractivity contribution in [3.63, 3.8) is 0 Å². The Kier molecular flexibility index (Phi) is 7.29. The predicted octanol–water partition coefficient (Wildman–Crippen LogP) is 3.27. The van der Waals surface area contributed by atoms with Gasteiger partial charge >= 0.3 is 0 Å². The summed E-state index contributed by atoms with van der Waals surface area (Å²) < 4.78 is 28.0. The molecule has 11 nitrogen and oxygen atoms in total. The number of piperidine rings is 1. The number of sulfonamides is 1. The maximum atomic E-state index is 13.8. The molecule has 1 aromatic carbocycles. The van der Waals surface area contributed by atoms with E-state index in [1.165, 1.54) is 18.2 Å². The molecule has 2 fully saturated rings. The largest absolute Gasteiger partial charge is 0.391 e. The second-order valence-electron chi connectivity index (χ2n) is 10.5.